The molecule has 0 saturated carbocycles. The molecule has 0 aliphatic heterocycles. The predicted molar refractivity (Wildman–Crippen MR) is 72.1 cm³/mol. The molecule has 0 fully saturated rings. The molecule has 3 heteroatoms. The van der Waals surface area contributed by atoms with Crippen LogP contribution in [0.25, 0.3) is 0 Å². The highest BCUT2D eigenvalue weighted by Crippen LogP contribution is 2.30. The Morgan fingerprint density at radius 3 is 2.22 bits per heavy atom. The predicted octanol–water partition coefficient (Wildman–Crippen LogP) is 3.21. The van der Waals surface area contributed by atoms with Crippen LogP contribution in [0.5, 0.6) is 17.2 Å². The van der Waals surface area contributed by atoms with E-state index >= 15 is 0 Å². The van der Waals surface area contributed by atoms with E-state index in [1.165, 1.54) is 0 Å². The molecule has 0 heterocycles. The molecular formula is C15H17NO2. The maximum absolute atomic E-state index is 5.78. The van der Waals surface area contributed by atoms with Gasteiger partial charge >= 0.3 is 0 Å². The zero-order valence-electron chi connectivity index (χ0n) is 10.2. The monoisotopic (exact) mass is 243 g/mol. The van der Waals surface area contributed by atoms with E-state index in [-0.39, 0.29) is 0 Å². The molecule has 2 aromatic rings. The van der Waals surface area contributed by atoms with Gasteiger partial charge in [0.15, 0.2) is 11.5 Å². The van der Waals surface area contributed by atoms with Crippen molar-refractivity contribution >= 4 is 0 Å². The van der Waals surface area contributed by atoms with Gasteiger partial charge in [-0.3, -0.25) is 0 Å². The van der Waals surface area contributed by atoms with Crippen molar-refractivity contribution in [2.75, 3.05) is 13.2 Å². The summed E-state index contributed by atoms with van der Waals surface area (Å²) in [5, 5.41) is 0. The lowest BCUT2D eigenvalue weighted by atomic mass is 10.3. The number of hydrogen-bond donors (Lipinski definition) is 1. The van der Waals surface area contributed by atoms with Crippen molar-refractivity contribution in [3.05, 3.63) is 54.6 Å². The lowest BCUT2D eigenvalue weighted by molar-refractivity contribution is 0.299. The highest BCUT2D eigenvalue weighted by Gasteiger charge is 2.04. The summed E-state index contributed by atoms with van der Waals surface area (Å²) in [4.78, 5) is 0. The van der Waals surface area contributed by atoms with Crippen LogP contribution < -0.4 is 15.2 Å². The summed E-state index contributed by atoms with van der Waals surface area (Å²) in [5.41, 5.74) is 5.44. The van der Waals surface area contributed by atoms with Crippen LogP contribution in [0.4, 0.5) is 0 Å². The van der Waals surface area contributed by atoms with Crippen LogP contribution in [-0.2, 0) is 0 Å². The fraction of sp³-hybridized carbons (Fsp3) is 0.200. The van der Waals surface area contributed by atoms with Gasteiger partial charge in [0.2, 0.25) is 0 Å². The summed E-state index contributed by atoms with van der Waals surface area (Å²) in [6, 6.07) is 17.3. The molecule has 0 amide bonds. The molecule has 0 aliphatic carbocycles. The van der Waals surface area contributed by atoms with Crippen LogP contribution in [0.15, 0.2) is 54.6 Å². The van der Waals surface area contributed by atoms with Crippen molar-refractivity contribution in [2.45, 2.75) is 6.42 Å². The molecule has 0 spiro atoms. The van der Waals surface area contributed by atoms with E-state index in [4.69, 9.17) is 15.2 Å². The smallest absolute Gasteiger partial charge is 0.169 e. The van der Waals surface area contributed by atoms with Gasteiger partial charge in [-0.05, 0) is 37.2 Å². The average molecular weight is 243 g/mol. The van der Waals surface area contributed by atoms with Crippen LogP contribution >= 0.6 is 0 Å². The zero-order chi connectivity index (χ0) is 12.6. The number of para-hydroxylation sites is 3. The third-order valence-electron chi connectivity index (χ3n) is 2.43. The Labute approximate surface area is 107 Å². The molecule has 0 aliphatic rings. The Morgan fingerprint density at radius 2 is 1.50 bits per heavy atom. The Balaban J connectivity index is 2.07. The van der Waals surface area contributed by atoms with Gasteiger partial charge in [-0.1, -0.05) is 30.3 Å². The van der Waals surface area contributed by atoms with Crippen molar-refractivity contribution in [2.24, 2.45) is 5.73 Å². The van der Waals surface area contributed by atoms with Gasteiger partial charge in [-0.25, -0.2) is 0 Å². The van der Waals surface area contributed by atoms with E-state index in [1.54, 1.807) is 0 Å². The summed E-state index contributed by atoms with van der Waals surface area (Å²) >= 11 is 0. The van der Waals surface area contributed by atoms with E-state index in [9.17, 15) is 0 Å². The second-order valence-electron chi connectivity index (χ2n) is 3.85. The minimum Gasteiger partial charge on any atom is -0.490 e. The fourth-order valence-electron chi connectivity index (χ4n) is 1.53. The van der Waals surface area contributed by atoms with Crippen LogP contribution in [0.2, 0.25) is 0 Å². The number of hydrogen-bond acceptors (Lipinski definition) is 3. The Kier molecular flexibility index (Phi) is 4.61. The van der Waals surface area contributed by atoms with E-state index in [2.05, 4.69) is 0 Å². The van der Waals surface area contributed by atoms with Crippen molar-refractivity contribution in [1.29, 1.82) is 0 Å². The maximum Gasteiger partial charge on any atom is 0.169 e. The van der Waals surface area contributed by atoms with Crippen LogP contribution in [0.3, 0.4) is 0 Å². The van der Waals surface area contributed by atoms with Gasteiger partial charge in [0.05, 0.1) is 6.61 Å². The largest absolute Gasteiger partial charge is 0.490 e. The Hall–Kier alpha value is -2.00. The summed E-state index contributed by atoms with van der Waals surface area (Å²) in [6.45, 7) is 1.23. The normalized spacial score (nSPS) is 10.1. The fourth-order valence-corrected chi connectivity index (χ4v) is 1.53. The Bertz CT molecular complexity index is 471. The average Bonchev–Trinajstić information content (AvgIpc) is 2.42. The molecule has 18 heavy (non-hydrogen) atoms. The minimum absolute atomic E-state index is 0.603. The summed E-state index contributed by atoms with van der Waals surface area (Å²) < 4.78 is 11.4. The first-order chi connectivity index (χ1) is 8.90. The quantitative estimate of drug-likeness (QED) is 0.792. The molecule has 0 unspecified atom stereocenters. The van der Waals surface area contributed by atoms with E-state index in [1.807, 2.05) is 54.6 Å². The summed E-state index contributed by atoms with van der Waals surface area (Å²) in [5.74, 6) is 2.27. The molecule has 2 aromatic carbocycles. The van der Waals surface area contributed by atoms with Gasteiger partial charge in [0.25, 0.3) is 0 Å². The maximum atomic E-state index is 5.78. The molecule has 0 atom stereocenters. The summed E-state index contributed by atoms with van der Waals surface area (Å²) in [6.07, 6.45) is 0.833. The van der Waals surface area contributed by atoms with E-state index < -0.39 is 0 Å². The lowest BCUT2D eigenvalue weighted by Gasteiger charge is -2.11. The molecule has 2 rings (SSSR count). The van der Waals surface area contributed by atoms with E-state index in [0.717, 1.165) is 23.7 Å². The Morgan fingerprint density at radius 1 is 0.833 bits per heavy atom. The van der Waals surface area contributed by atoms with Gasteiger partial charge in [0.1, 0.15) is 5.75 Å². The van der Waals surface area contributed by atoms with Crippen molar-refractivity contribution < 1.29 is 9.47 Å². The zero-order valence-corrected chi connectivity index (χ0v) is 10.2. The van der Waals surface area contributed by atoms with Gasteiger partial charge in [-0.2, -0.15) is 0 Å². The SMILES string of the molecule is NCCCOc1ccccc1Oc1ccccc1. The lowest BCUT2D eigenvalue weighted by Crippen LogP contribution is -2.06. The number of ether oxygens (including phenoxy) is 2. The van der Waals surface area contributed by atoms with Crippen molar-refractivity contribution in [1.82, 2.24) is 0 Å². The third-order valence-corrected chi connectivity index (χ3v) is 2.43. The molecule has 3 nitrogen and oxygen atoms in total. The standard InChI is InChI=1S/C15H17NO2/c16-11-6-12-17-14-9-4-5-10-15(14)18-13-7-2-1-3-8-13/h1-5,7-10H,6,11-12,16H2. The topological polar surface area (TPSA) is 44.5 Å². The van der Waals surface area contributed by atoms with Crippen molar-refractivity contribution in [3.8, 4) is 17.2 Å². The van der Waals surface area contributed by atoms with Crippen LogP contribution in [0.1, 0.15) is 6.42 Å². The first-order valence-corrected chi connectivity index (χ1v) is 6.05. The number of nitrogens with two attached hydrogens (primary N) is 1. The molecular weight excluding hydrogens is 226 g/mol. The van der Waals surface area contributed by atoms with Gasteiger partial charge < -0.3 is 15.2 Å². The van der Waals surface area contributed by atoms with E-state index in [0.29, 0.717) is 13.2 Å². The number of benzene rings is 2. The van der Waals surface area contributed by atoms with Crippen molar-refractivity contribution in [3.63, 3.8) is 0 Å². The highest BCUT2D eigenvalue weighted by atomic mass is 16.5. The molecule has 94 valence electrons. The summed E-state index contributed by atoms with van der Waals surface area (Å²) in [7, 11) is 0. The minimum atomic E-state index is 0.603. The molecule has 0 radical (unpaired) electrons. The van der Waals surface area contributed by atoms with Crippen LogP contribution in [-0.4, -0.2) is 13.2 Å². The molecule has 0 aromatic heterocycles. The third kappa shape index (κ3) is 3.50. The first kappa shape index (κ1) is 12.5. The number of rotatable bonds is 6. The first-order valence-electron chi connectivity index (χ1n) is 6.05. The second-order valence-corrected chi connectivity index (χ2v) is 3.85. The molecule has 2 N–H and O–H groups in total. The highest BCUT2D eigenvalue weighted by molar-refractivity contribution is 5.42. The molecule has 0 saturated heterocycles. The van der Waals surface area contributed by atoms with Gasteiger partial charge in [-0.15, -0.1) is 0 Å². The van der Waals surface area contributed by atoms with Crippen LogP contribution in [0, 0.1) is 0 Å². The van der Waals surface area contributed by atoms with Gasteiger partial charge in [0, 0.05) is 0 Å². The second kappa shape index (κ2) is 6.67. The molecule has 0 bridgehead atoms.